The van der Waals surface area contributed by atoms with Gasteiger partial charge in [0.25, 0.3) is 0 Å². The summed E-state index contributed by atoms with van der Waals surface area (Å²) in [6.45, 7) is 9.44. The highest BCUT2D eigenvalue weighted by molar-refractivity contribution is 6.60. The third kappa shape index (κ3) is 11.1. The van der Waals surface area contributed by atoms with Gasteiger partial charge in [-0.1, -0.05) is 6.07 Å². The Labute approximate surface area is 189 Å². The highest BCUT2D eigenvalue weighted by Gasteiger charge is 2.39. The fraction of sp³-hybridized carbons (Fsp3) is 0.682. The number of amides is 1. The number of hydrogen-bond donors (Lipinski definition) is 1. The van der Waals surface area contributed by atoms with Crippen molar-refractivity contribution < 1.29 is 22.8 Å². The maximum atomic E-state index is 12.3. The first-order valence-electron chi connectivity index (χ1n) is 11.0. The number of carbonyl (C=O) groups is 1. The third-order valence-corrected chi connectivity index (χ3v) is 7.41. The molecule has 8 nitrogen and oxygen atoms in total. The Morgan fingerprint density at radius 3 is 1.77 bits per heavy atom. The van der Waals surface area contributed by atoms with Crippen LogP contribution in [0.5, 0.6) is 5.75 Å². The van der Waals surface area contributed by atoms with Gasteiger partial charge < -0.3 is 33.1 Å². The van der Waals surface area contributed by atoms with Crippen LogP contribution in [0.25, 0.3) is 0 Å². The Kier molecular flexibility index (Phi) is 12.9. The zero-order chi connectivity index (χ0) is 23.3. The van der Waals surface area contributed by atoms with Gasteiger partial charge in [0.1, 0.15) is 5.75 Å². The Hall–Kier alpha value is -1.49. The van der Waals surface area contributed by atoms with E-state index in [1.807, 2.05) is 61.1 Å². The Bertz CT molecular complexity index is 613. The van der Waals surface area contributed by atoms with Crippen molar-refractivity contribution in [3.8, 4) is 5.75 Å². The van der Waals surface area contributed by atoms with E-state index in [0.717, 1.165) is 24.2 Å². The Morgan fingerprint density at radius 1 is 0.871 bits per heavy atom. The highest BCUT2D eigenvalue weighted by Crippen LogP contribution is 2.20. The lowest BCUT2D eigenvalue weighted by Crippen LogP contribution is -2.46. The largest absolute Gasteiger partial charge is 0.500 e. The van der Waals surface area contributed by atoms with Crippen LogP contribution in [0.4, 0.5) is 4.79 Å². The Balaban J connectivity index is 2.66. The zero-order valence-electron chi connectivity index (χ0n) is 20.3. The van der Waals surface area contributed by atoms with E-state index in [-0.39, 0.29) is 0 Å². The molecule has 0 spiro atoms. The van der Waals surface area contributed by atoms with E-state index < -0.39 is 14.9 Å². The van der Waals surface area contributed by atoms with Crippen molar-refractivity contribution in [2.45, 2.75) is 46.3 Å². The van der Waals surface area contributed by atoms with Gasteiger partial charge in [-0.3, -0.25) is 0 Å². The first-order valence-corrected chi connectivity index (χ1v) is 13.0. The summed E-state index contributed by atoms with van der Waals surface area (Å²) >= 11 is 0. The summed E-state index contributed by atoms with van der Waals surface area (Å²) in [5.41, 5.74) is 2.21. The minimum Gasteiger partial charge on any atom is -0.410 e. The van der Waals surface area contributed by atoms with E-state index >= 15 is 0 Å². The second-order valence-corrected chi connectivity index (χ2v) is 10.6. The summed E-state index contributed by atoms with van der Waals surface area (Å²) in [6.07, 6.45) is 0.225. The molecule has 0 saturated carbocycles. The first-order chi connectivity index (χ1) is 14.7. The lowest BCUT2D eigenvalue weighted by Gasteiger charge is -2.28. The lowest BCUT2D eigenvalue weighted by atomic mass is 10.1. The van der Waals surface area contributed by atoms with Crippen LogP contribution in [0.3, 0.4) is 0 Å². The van der Waals surface area contributed by atoms with Crippen molar-refractivity contribution >= 4 is 14.9 Å². The summed E-state index contributed by atoms with van der Waals surface area (Å²) in [5, 5.41) is 2.82. The number of hydrogen-bond acceptors (Lipinski definition) is 7. The lowest BCUT2D eigenvalue weighted by molar-refractivity contribution is 0.0708. The van der Waals surface area contributed by atoms with Crippen molar-refractivity contribution in [1.82, 2.24) is 15.1 Å². The molecule has 1 aromatic carbocycles. The van der Waals surface area contributed by atoms with Gasteiger partial charge in [-0.15, -0.1) is 0 Å². The average Bonchev–Trinajstić information content (AvgIpc) is 2.64. The predicted molar refractivity (Wildman–Crippen MR) is 125 cm³/mol. The first kappa shape index (κ1) is 27.5. The number of rotatable bonds is 15. The molecule has 0 saturated heterocycles. The molecule has 0 aromatic heterocycles. The minimum absolute atomic E-state index is 0.461. The fourth-order valence-electron chi connectivity index (χ4n) is 3.34. The van der Waals surface area contributed by atoms with Gasteiger partial charge in [0, 0.05) is 45.5 Å². The normalized spacial score (nSPS) is 11.9. The molecule has 0 heterocycles. The second-order valence-electron chi connectivity index (χ2n) is 7.86. The summed E-state index contributed by atoms with van der Waals surface area (Å²) in [5.74, 6) is 0.551. The SMILES string of the molecule is CCO[Si](CCCNC(=O)Oc1cc(CN(C)C)cc(CN(C)C)c1)(OCC)OCC. The Morgan fingerprint density at radius 2 is 1.35 bits per heavy atom. The topological polar surface area (TPSA) is 72.5 Å². The average molecular weight is 456 g/mol. The maximum Gasteiger partial charge on any atom is 0.500 e. The smallest absolute Gasteiger partial charge is 0.410 e. The van der Waals surface area contributed by atoms with Gasteiger partial charge in [-0.2, -0.15) is 0 Å². The molecule has 1 amide bonds. The van der Waals surface area contributed by atoms with Gasteiger partial charge in [0.2, 0.25) is 0 Å². The highest BCUT2D eigenvalue weighted by atomic mass is 28.4. The summed E-state index contributed by atoms with van der Waals surface area (Å²) in [4.78, 5) is 16.5. The van der Waals surface area contributed by atoms with Crippen LogP contribution >= 0.6 is 0 Å². The van der Waals surface area contributed by atoms with Crippen LogP contribution in [0.2, 0.25) is 6.04 Å². The molecular weight excluding hydrogens is 414 g/mol. The fourth-order valence-corrected chi connectivity index (χ4v) is 5.95. The van der Waals surface area contributed by atoms with Crippen molar-refractivity contribution in [3.05, 3.63) is 29.3 Å². The molecule has 0 atom stereocenters. The molecule has 31 heavy (non-hydrogen) atoms. The van der Waals surface area contributed by atoms with E-state index in [0.29, 0.717) is 44.6 Å². The van der Waals surface area contributed by atoms with Crippen molar-refractivity contribution in [3.63, 3.8) is 0 Å². The van der Waals surface area contributed by atoms with Gasteiger partial charge >= 0.3 is 14.9 Å². The molecule has 0 unspecified atom stereocenters. The van der Waals surface area contributed by atoms with Gasteiger partial charge in [0.15, 0.2) is 0 Å². The summed E-state index contributed by atoms with van der Waals surface area (Å²) < 4.78 is 23.1. The minimum atomic E-state index is -2.69. The summed E-state index contributed by atoms with van der Waals surface area (Å²) in [6, 6.07) is 6.62. The van der Waals surface area contributed by atoms with Crippen LogP contribution in [0, 0.1) is 0 Å². The predicted octanol–water partition coefficient (Wildman–Crippen LogP) is 3.34. The molecule has 1 rings (SSSR count). The quantitative estimate of drug-likeness (QED) is 0.321. The van der Waals surface area contributed by atoms with Gasteiger partial charge in [0.05, 0.1) is 0 Å². The molecule has 9 heteroatoms. The number of ether oxygens (including phenoxy) is 1. The van der Waals surface area contributed by atoms with Gasteiger partial charge in [-0.05, 0) is 78.6 Å². The van der Waals surface area contributed by atoms with Gasteiger partial charge in [-0.25, -0.2) is 4.79 Å². The van der Waals surface area contributed by atoms with E-state index in [1.54, 1.807) is 0 Å². The number of nitrogens with zero attached hydrogens (tertiary/aromatic N) is 2. The molecule has 1 N–H and O–H groups in total. The van der Waals surface area contributed by atoms with Crippen LogP contribution in [-0.4, -0.2) is 79.3 Å². The van der Waals surface area contributed by atoms with E-state index in [1.165, 1.54) is 0 Å². The maximum absolute atomic E-state index is 12.3. The van der Waals surface area contributed by atoms with E-state index in [4.69, 9.17) is 18.0 Å². The number of carbonyl (C=O) groups excluding carboxylic acids is 1. The van der Waals surface area contributed by atoms with E-state index in [2.05, 4.69) is 21.2 Å². The third-order valence-electron chi connectivity index (χ3n) is 4.26. The van der Waals surface area contributed by atoms with E-state index in [9.17, 15) is 4.79 Å². The van der Waals surface area contributed by atoms with Crippen LogP contribution < -0.4 is 10.1 Å². The van der Waals surface area contributed by atoms with Crippen molar-refractivity contribution in [2.75, 3.05) is 54.6 Å². The molecule has 0 radical (unpaired) electrons. The molecule has 0 aliphatic rings. The standard InChI is InChI=1S/C22H41N3O5Si/c1-8-27-31(28-9-2,29-10-3)13-11-12-23-22(26)30-21-15-19(17-24(4)5)14-20(16-21)18-25(6)7/h14-16H,8-13,17-18H2,1-7H3,(H,23,26). The monoisotopic (exact) mass is 455 g/mol. The summed E-state index contributed by atoms with van der Waals surface area (Å²) in [7, 11) is 5.37. The molecule has 178 valence electrons. The molecule has 0 aliphatic heterocycles. The molecule has 0 fully saturated rings. The zero-order valence-corrected chi connectivity index (χ0v) is 21.3. The molecule has 0 bridgehead atoms. The van der Waals surface area contributed by atoms with Crippen molar-refractivity contribution in [2.24, 2.45) is 0 Å². The molecular formula is C22H41N3O5Si. The number of benzene rings is 1. The van der Waals surface area contributed by atoms with Crippen LogP contribution in [0.1, 0.15) is 38.3 Å². The molecule has 1 aromatic rings. The van der Waals surface area contributed by atoms with Crippen molar-refractivity contribution in [1.29, 1.82) is 0 Å². The van der Waals surface area contributed by atoms with Crippen LogP contribution in [-0.2, 0) is 26.4 Å². The molecule has 0 aliphatic carbocycles. The van der Waals surface area contributed by atoms with Crippen LogP contribution in [0.15, 0.2) is 18.2 Å². The second kappa shape index (κ2) is 14.5. The number of nitrogens with one attached hydrogen (secondary N) is 1.